The summed E-state index contributed by atoms with van der Waals surface area (Å²) in [6.45, 7) is 6.55. The van der Waals surface area contributed by atoms with Crippen LogP contribution >= 0.6 is 0 Å². The Balaban J connectivity index is 2.04. The second-order valence-corrected chi connectivity index (χ2v) is 6.11. The van der Waals surface area contributed by atoms with E-state index in [-0.39, 0.29) is 5.41 Å². The van der Waals surface area contributed by atoms with E-state index in [2.05, 4.69) is 32.9 Å². The molecule has 0 aromatic rings. The van der Waals surface area contributed by atoms with Gasteiger partial charge in [-0.15, -0.1) is 0 Å². The van der Waals surface area contributed by atoms with Crippen LogP contribution in [0.15, 0.2) is 11.6 Å². The molecule has 1 unspecified atom stereocenters. The molecule has 88 valence electrons. The van der Waals surface area contributed by atoms with E-state index in [0.717, 1.165) is 37.0 Å². The Hall–Kier alpha value is -0.770. The van der Waals surface area contributed by atoms with Crippen molar-refractivity contribution in [3.05, 3.63) is 11.6 Å². The molecule has 0 aliphatic heterocycles. The number of nitrogens with zero attached hydrogens (tertiary/aromatic N) is 1. The molecule has 2 saturated carbocycles. The fraction of sp³-hybridized carbons (Fsp3) is 0.800. The van der Waals surface area contributed by atoms with E-state index in [4.69, 9.17) is 0 Å². The van der Waals surface area contributed by atoms with Crippen LogP contribution < -0.4 is 0 Å². The molecule has 0 bridgehead atoms. The first kappa shape index (κ1) is 11.7. The van der Waals surface area contributed by atoms with E-state index in [1.807, 2.05) is 0 Å². The molecule has 0 aromatic carbocycles. The highest BCUT2D eigenvalue weighted by atomic mass is 14.6. The van der Waals surface area contributed by atoms with Gasteiger partial charge in [-0.25, -0.2) is 0 Å². The van der Waals surface area contributed by atoms with Crippen LogP contribution in [0.25, 0.3) is 0 Å². The lowest BCUT2D eigenvalue weighted by Gasteiger charge is -2.39. The first-order chi connectivity index (χ1) is 7.60. The molecule has 2 aliphatic carbocycles. The van der Waals surface area contributed by atoms with Crippen LogP contribution in [0.3, 0.4) is 0 Å². The molecular formula is C15H23N. The first-order valence-electron chi connectivity index (χ1n) is 6.65. The van der Waals surface area contributed by atoms with E-state index in [0.29, 0.717) is 0 Å². The quantitative estimate of drug-likeness (QED) is 0.646. The van der Waals surface area contributed by atoms with Crippen molar-refractivity contribution in [2.75, 3.05) is 0 Å². The molecule has 4 atom stereocenters. The van der Waals surface area contributed by atoms with Crippen molar-refractivity contribution >= 4 is 0 Å². The van der Waals surface area contributed by atoms with Gasteiger partial charge in [0.25, 0.3) is 0 Å². The van der Waals surface area contributed by atoms with E-state index in [1.54, 1.807) is 0 Å². The molecule has 0 amide bonds. The van der Waals surface area contributed by atoms with Crippen molar-refractivity contribution < 1.29 is 0 Å². The van der Waals surface area contributed by atoms with Crippen LogP contribution in [0, 0.1) is 34.5 Å². The third-order valence-corrected chi connectivity index (χ3v) is 4.76. The molecule has 0 heterocycles. The SMILES string of the molecule is CCC1C[C@H]2C[C@](C#N)(CC=C(C)C)C[C@@H]12. The largest absolute Gasteiger partial charge is 0.198 e. The highest BCUT2D eigenvalue weighted by Gasteiger charge is 2.53. The minimum Gasteiger partial charge on any atom is -0.198 e. The normalized spacial score (nSPS) is 40.8. The third-order valence-electron chi connectivity index (χ3n) is 4.76. The first-order valence-corrected chi connectivity index (χ1v) is 6.65. The maximum absolute atomic E-state index is 9.47. The van der Waals surface area contributed by atoms with Crippen molar-refractivity contribution in [1.82, 2.24) is 0 Å². The Kier molecular flexibility index (Phi) is 3.10. The monoisotopic (exact) mass is 217 g/mol. The molecule has 0 spiro atoms. The smallest absolute Gasteiger partial charge is 0.0693 e. The summed E-state index contributed by atoms with van der Waals surface area (Å²) < 4.78 is 0. The van der Waals surface area contributed by atoms with Crippen LogP contribution in [0.1, 0.15) is 52.9 Å². The summed E-state index contributed by atoms with van der Waals surface area (Å²) >= 11 is 0. The van der Waals surface area contributed by atoms with Gasteiger partial charge in [-0.1, -0.05) is 25.0 Å². The third kappa shape index (κ3) is 1.90. The highest BCUT2D eigenvalue weighted by Crippen LogP contribution is 2.60. The van der Waals surface area contributed by atoms with Crippen LogP contribution in [0.5, 0.6) is 0 Å². The van der Waals surface area contributed by atoms with Crippen LogP contribution in [-0.4, -0.2) is 0 Å². The van der Waals surface area contributed by atoms with Gasteiger partial charge in [-0.3, -0.25) is 0 Å². The molecule has 1 heteroatoms. The number of hydrogen-bond donors (Lipinski definition) is 0. The maximum Gasteiger partial charge on any atom is 0.0693 e. The molecule has 2 fully saturated rings. The Morgan fingerprint density at radius 3 is 2.75 bits per heavy atom. The van der Waals surface area contributed by atoms with Gasteiger partial charge in [0.2, 0.25) is 0 Å². The lowest BCUT2D eigenvalue weighted by Crippen LogP contribution is -2.31. The summed E-state index contributed by atoms with van der Waals surface area (Å²) in [6.07, 6.45) is 8.26. The van der Waals surface area contributed by atoms with Gasteiger partial charge in [0.15, 0.2) is 0 Å². The zero-order chi connectivity index (χ0) is 11.8. The van der Waals surface area contributed by atoms with Gasteiger partial charge < -0.3 is 0 Å². The molecule has 2 rings (SSSR count). The summed E-state index contributed by atoms with van der Waals surface area (Å²) in [7, 11) is 0. The fourth-order valence-electron chi connectivity index (χ4n) is 3.70. The van der Waals surface area contributed by atoms with Crippen molar-refractivity contribution in [2.24, 2.45) is 23.2 Å². The summed E-state index contributed by atoms with van der Waals surface area (Å²) in [5, 5.41) is 9.47. The van der Waals surface area contributed by atoms with Crippen LogP contribution in [0.4, 0.5) is 0 Å². The Bertz CT molecular complexity index is 332. The lowest BCUT2D eigenvalue weighted by molar-refractivity contribution is 0.0996. The molecule has 0 saturated heterocycles. The zero-order valence-electron chi connectivity index (χ0n) is 10.8. The standard InChI is InChI=1S/C15H23N/c1-4-12-7-13-8-15(10-16,9-14(12)13)6-5-11(2)3/h5,12-14H,4,6-9H2,1-3H3/t12?,13-,14-,15+/m0/s1. The van der Waals surface area contributed by atoms with Gasteiger partial charge in [-0.05, 0) is 57.3 Å². The van der Waals surface area contributed by atoms with Gasteiger partial charge in [0.05, 0.1) is 11.5 Å². The fourth-order valence-corrected chi connectivity index (χ4v) is 3.70. The van der Waals surface area contributed by atoms with E-state index >= 15 is 0 Å². The number of hydrogen-bond acceptors (Lipinski definition) is 1. The van der Waals surface area contributed by atoms with Crippen molar-refractivity contribution in [3.63, 3.8) is 0 Å². The molecule has 16 heavy (non-hydrogen) atoms. The zero-order valence-corrected chi connectivity index (χ0v) is 10.8. The summed E-state index contributed by atoms with van der Waals surface area (Å²) in [6, 6.07) is 2.63. The number of allylic oxidation sites excluding steroid dienone is 2. The number of rotatable bonds is 3. The van der Waals surface area contributed by atoms with E-state index in [9.17, 15) is 5.26 Å². The van der Waals surface area contributed by atoms with E-state index < -0.39 is 0 Å². The van der Waals surface area contributed by atoms with Crippen molar-refractivity contribution in [1.29, 1.82) is 5.26 Å². The number of nitriles is 1. The molecule has 1 nitrogen and oxygen atoms in total. The Morgan fingerprint density at radius 1 is 1.44 bits per heavy atom. The van der Waals surface area contributed by atoms with Crippen molar-refractivity contribution in [3.8, 4) is 6.07 Å². The van der Waals surface area contributed by atoms with Gasteiger partial charge in [0.1, 0.15) is 0 Å². The van der Waals surface area contributed by atoms with Gasteiger partial charge in [-0.2, -0.15) is 5.26 Å². The Morgan fingerprint density at radius 2 is 2.19 bits per heavy atom. The molecule has 0 aromatic heterocycles. The second-order valence-electron chi connectivity index (χ2n) is 6.11. The maximum atomic E-state index is 9.47. The van der Waals surface area contributed by atoms with Gasteiger partial charge in [0, 0.05) is 0 Å². The van der Waals surface area contributed by atoms with Crippen LogP contribution in [-0.2, 0) is 0 Å². The molecular weight excluding hydrogens is 194 g/mol. The summed E-state index contributed by atoms with van der Waals surface area (Å²) in [5.41, 5.74) is 1.33. The van der Waals surface area contributed by atoms with Crippen molar-refractivity contribution in [2.45, 2.75) is 52.9 Å². The predicted octanol–water partition coefficient (Wildman–Crippen LogP) is 4.31. The van der Waals surface area contributed by atoms with Gasteiger partial charge >= 0.3 is 0 Å². The average Bonchev–Trinajstić information content (AvgIpc) is 2.53. The van der Waals surface area contributed by atoms with E-state index in [1.165, 1.54) is 18.4 Å². The topological polar surface area (TPSA) is 23.8 Å². The second kappa shape index (κ2) is 4.24. The minimum atomic E-state index is -0.0173. The summed E-state index contributed by atoms with van der Waals surface area (Å²) in [5.74, 6) is 2.66. The minimum absolute atomic E-state index is 0.0173. The summed E-state index contributed by atoms with van der Waals surface area (Å²) in [4.78, 5) is 0. The lowest BCUT2D eigenvalue weighted by atomic mass is 9.66. The Labute approximate surface area is 99.5 Å². The molecule has 2 aliphatic rings. The highest BCUT2D eigenvalue weighted by molar-refractivity contribution is 5.14. The average molecular weight is 217 g/mol. The predicted molar refractivity (Wildman–Crippen MR) is 66.7 cm³/mol. The molecule has 0 N–H and O–H groups in total. The van der Waals surface area contributed by atoms with Crippen LogP contribution in [0.2, 0.25) is 0 Å². The number of fused-ring (bicyclic) bond motifs is 1. The molecule has 0 radical (unpaired) electrons.